The summed E-state index contributed by atoms with van der Waals surface area (Å²) in [6.45, 7) is 7.65. The minimum atomic E-state index is -3.84. The zero-order valence-electron chi connectivity index (χ0n) is 17.7. The quantitative estimate of drug-likeness (QED) is 0.672. The normalized spacial score (nSPS) is 12.3. The predicted molar refractivity (Wildman–Crippen MR) is 116 cm³/mol. The Hall–Kier alpha value is -2.54. The van der Waals surface area contributed by atoms with Crippen LogP contribution >= 0.6 is 0 Å². The summed E-state index contributed by atoms with van der Waals surface area (Å²) < 4.78 is 33.4. The second-order valence-electron chi connectivity index (χ2n) is 7.17. The lowest BCUT2D eigenvalue weighted by Crippen LogP contribution is -2.38. The molecule has 0 heterocycles. The highest BCUT2D eigenvalue weighted by molar-refractivity contribution is 7.92. The van der Waals surface area contributed by atoms with E-state index in [2.05, 4.69) is 5.32 Å². The molecule has 0 radical (unpaired) electrons. The third-order valence-electron chi connectivity index (χ3n) is 4.82. The Kier molecular flexibility index (Phi) is 7.67. The molecular weight excluding hydrogens is 388 g/mol. The summed E-state index contributed by atoms with van der Waals surface area (Å²) in [4.78, 5) is 12.5. The third kappa shape index (κ3) is 5.73. The van der Waals surface area contributed by atoms with E-state index in [1.54, 1.807) is 50.4 Å². The van der Waals surface area contributed by atoms with Gasteiger partial charge in [-0.1, -0.05) is 24.6 Å². The molecule has 0 saturated carbocycles. The van der Waals surface area contributed by atoms with Crippen LogP contribution in [0, 0.1) is 13.8 Å². The van der Waals surface area contributed by atoms with Gasteiger partial charge in [0, 0.05) is 19.0 Å². The molecule has 6 nitrogen and oxygen atoms in total. The van der Waals surface area contributed by atoms with Gasteiger partial charge in [-0.3, -0.25) is 9.10 Å². The second-order valence-corrected chi connectivity index (χ2v) is 9.00. The van der Waals surface area contributed by atoms with Gasteiger partial charge in [0.25, 0.3) is 10.0 Å². The Labute approximate surface area is 173 Å². The number of hydrogen-bond donors (Lipinski definition) is 1. The molecular formula is C22H30N2O4S. The zero-order valence-corrected chi connectivity index (χ0v) is 18.5. The molecule has 0 aromatic heterocycles. The van der Waals surface area contributed by atoms with Crippen LogP contribution in [0.3, 0.4) is 0 Å². The number of anilines is 1. The van der Waals surface area contributed by atoms with Crippen molar-refractivity contribution in [2.45, 2.75) is 51.5 Å². The van der Waals surface area contributed by atoms with Crippen LogP contribution in [-0.2, 0) is 14.8 Å². The number of nitrogens with zero attached hydrogens (tertiary/aromatic N) is 1. The van der Waals surface area contributed by atoms with Crippen LogP contribution in [0.25, 0.3) is 0 Å². The molecule has 0 spiro atoms. The van der Waals surface area contributed by atoms with Gasteiger partial charge in [0.2, 0.25) is 5.91 Å². The maximum absolute atomic E-state index is 13.5. The van der Waals surface area contributed by atoms with Crippen molar-refractivity contribution in [1.82, 2.24) is 5.32 Å². The monoisotopic (exact) mass is 418 g/mol. The zero-order chi connectivity index (χ0) is 21.6. The highest BCUT2D eigenvalue weighted by atomic mass is 32.2. The van der Waals surface area contributed by atoms with E-state index in [9.17, 15) is 13.2 Å². The standard InChI is InChI=1S/C22H30N2O4S/c1-6-18(4)23-22(25)13-14-24(19-8-10-20(28-5)11-9-19)29(26,27)21-12-7-16(2)15-17(21)3/h7-12,15,18H,6,13-14H2,1-5H3,(H,23,25). The van der Waals surface area contributed by atoms with Crippen molar-refractivity contribution in [2.24, 2.45) is 0 Å². The molecule has 2 aromatic carbocycles. The van der Waals surface area contributed by atoms with Gasteiger partial charge in [0.05, 0.1) is 17.7 Å². The number of carbonyl (C=O) groups is 1. The van der Waals surface area contributed by atoms with Gasteiger partial charge >= 0.3 is 0 Å². The van der Waals surface area contributed by atoms with Crippen molar-refractivity contribution in [3.05, 3.63) is 53.6 Å². The number of carbonyl (C=O) groups excluding carboxylic acids is 1. The SMILES string of the molecule is CCC(C)NC(=O)CCN(c1ccc(OC)cc1)S(=O)(=O)c1ccc(C)cc1C. The first-order valence-electron chi connectivity index (χ1n) is 9.72. The topological polar surface area (TPSA) is 75.7 Å². The second kappa shape index (κ2) is 9.78. The smallest absolute Gasteiger partial charge is 0.264 e. The number of ether oxygens (including phenoxy) is 1. The molecule has 7 heteroatoms. The van der Waals surface area contributed by atoms with Gasteiger partial charge < -0.3 is 10.1 Å². The summed E-state index contributed by atoms with van der Waals surface area (Å²) in [5.74, 6) is 0.459. The molecule has 29 heavy (non-hydrogen) atoms. The number of nitrogens with one attached hydrogen (secondary N) is 1. The molecule has 158 valence electrons. The van der Waals surface area contributed by atoms with Crippen LogP contribution in [0.4, 0.5) is 5.69 Å². The van der Waals surface area contributed by atoms with E-state index in [0.717, 1.165) is 12.0 Å². The lowest BCUT2D eigenvalue weighted by atomic mass is 10.2. The van der Waals surface area contributed by atoms with Gasteiger partial charge in [-0.05, 0) is 63.1 Å². The van der Waals surface area contributed by atoms with Crippen LogP contribution in [0.1, 0.15) is 37.8 Å². The Bertz CT molecular complexity index is 940. The van der Waals surface area contributed by atoms with Crippen molar-refractivity contribution < 1.29 is 17.9 Å². The molecule has 0 aliphatic rings. The van der Waals surface area contributed by atoms with Crippen molar-refractivity contribution in [3.8, 4) is 5.75 Å². The van der Waals surface area contributed by atoms with Gasteiger partial charge in [0.1, 0.15) is 5.75 Å². The number of aryl methyl sites for hydroxylation is 2. The summed E-state index contributed by atoms with van der Waals surface area (Å²) in [7, 11) is -2.28. The summed E-state index contributed by atoms with van der Waals surface area (Å²) in [5, 5.41) is 2.88. The number of methoxy groups -OCH3 is 1. The van der Waals surface area contributed by atoms with Crippen LogP contribution in [0.2, 0.25) is 0 Å². The van der Waals surface area contributed by atoms with Crippen molar-refractivity contribution >= 4 is 21.6 Å². The Balaban J connectivity index is 2.38. The Morgan fingerprint density at radius 3 is 2.34 bits per heavy atom. The summed E-state index contributed by atoms with van der Waals surface area (Å²) in [6, 6.07) is 12.1. The highest BCUT2D eigenvalue weighted by Gasteiger charge is 2.27. The van der Waals surface area contributed by atoms with Crippen LogP contribution < -0.4 is 14.4 Å². The van der Waals surface area contributed by atoms with Crippen LogP contribution in [0.15, 0.2) is 47.4 Å². The fourth-order valence-electron chi connectivity index (χ4n) is 3.00. The Morgan fingerprint density at radius 2 is 1.79 bits per heavy atom. The lowest BCUT2D eigenvalue weighted by Gasteiger charge is -2.26. The summed E-state index contributed by atoms with van der Waals surface area (Å²) in [5.41, 5.74) is 2.15. The number of hydrogen-bond acceptors (Lipinski definition) is 4. The predicted octanol–water partition coefficient (Wildman–Crippen LogP) is 3.81. The molecule has 1 atom stereocenters. The van der Waals surface area contributed by atoms with E-state index < -0.39 is 10.0 Å². The van der Waals surface area contributed by atoms with Gasteiger partial charge in [-0.2, -0.15) is 0 Å². The first-order valence-corrected chi connectivity index (χ1v) is 11.2. The molecule has 1 unspecified atom stereocenters. The first-order chi connectivity index (χ1) is 13.7. The van der Waals surface area contributed by atoms with Crippen LogP contribution in [0.5, 0.6) is 5.75 Å². The van der Waals surface area contributed by atoms with Gasteiger partial charge in [-0.15, -0.1) is 0 Å². The van der Waals surface area contributed by atoms with E-state index in [1.165, 1.54) is 4.31 Å². The molecule has 0 aliphatic carbocycles. The van der Waals surface area contributed by atoms with Gasteiger partial charge in [0.15, 0.2) is 0 Å². The molecule has 0 fully saturated rings. The van der Waals surface area contributed by atoms with Crippen LogP contribution in [-0.4, -0.2) is 34.0 Å². The number of rotatable bonds is 9. The summed E-state index contributed by atoms with van der Waals surface area (Å²) >= 11 is 0. The lowest BCUT2D eigenvalue weighted by molar-refractivity contribution is -0.121. The third-order valence-corrected chi connectivity index (χ3v) is 6.81. The highest BCUT2D eigenvalue weighted by Crippen LogP contribution is 2.28. The molecule has 0 saturated heterocycles. The maximum atomic E-state index is 13.5. The van der Waals surface area contributed by atoms with E-state index in [1.807, 2.05) is 26.8 Å². The maximum Gasteiger partial charge on any atom is 0.264 e. The fraction of sp³-hybridized carbons (Fsp3) is 0.409. The Morgan fingerprint density at radius 1 is 1.14 bits per heavy atom. The molecule has 2 aromatic rings. The van der Waals surface area contributed by atoms with Crippen molar-refractivity contribution in [1.29, 1.82) is 0 Å². The van der Waals surface area contributed by atoms with Crippen molar-refractivity contribution in [2.75, 3.05) is 18.0 Å². The molecule has 0 aliphatic heterocycles. The summed E-state index contributed by atoms with van der Waals surface area (Å²) in [6.07, 6.45) is 0.884. The minimum absolute atomic E-state index is 0.0459. The van der Waals surface area contributed by atoms with Crippen molar-refractivity contribution in [3.63, 3.8) is 0 Å². The van der Waals surface area contributed by atoms with Gasteiger partial charge in [-0.25, -0.2) is 8.42 Å². The van der Waals surface area contributed by atoms with E-state index in [-0.39, 0.29) is 29.8 Å². The largest absolute Gasteiger partial charge is 0.497 e. The first kappa shape index (κ1) is 22.7. The molecule has 1 N–H and O–H groups in total. The van der Waals surface area contributed by atoms with E-state index in [0.29, 0.717) is 17.0 Å². The molecule has 2 rings (SSSR count). The number of sulfonamides is 1. The minimum Gasteiger partial charge on any atom is -0.497 e. The van der Waals surface area contributed by atoms with E-state index in [4.69, 9.17) is 4.74 Å². The molecule has 1 amide bonds. The average molecular weight is 419 g/mol. The van der Waals surface area contributed by atoms with E-state index >= 15 is 0 Å². The number of amides is 1. The fourth-order valence-corrected chi connectivity index (χ4v) is 4.67. The number of benzene rings is 2. The average Bonchev–Trinajstić information content (AvgIpc) is 2.68. The molecule has 0 bridgehead atoms.